The zero-order valence-electron chi connectivity index (χ0n) is 16.8. The summed E-state index contributed by atoms with van der Waals surface area (Å²) in [6, 6.07) is 10.0. The third-order valence-electron chi connectivity index (χ3n) is 5.33. The molecule has 0 atom stereocenters. The van der Waals surface area contributed by atoms with E-state index in [-0.39, 0.29) is 5.91 Å². The van der Waals surface area contributed by atoms with Gasteiger partial charge in [0.1, 0.15) is 5.69 Å². The van der Waals surface area contributed by atoms with Gasteiger partial charge >= 0.3 is 0 Å². The summed E-state index contributed by atoms with van der Waals surface area (Å²) in [6.07, 6.45) is 1.73. The van der Waals surface area contributed by atoms with Gasteiger partial charge in [-0.2, -0.15) is 0 Å². The van der Waals surface area contributed by atoms with Crippen LogP contribution in [0.4, 0.5) is 11.4 Å². The maximum atomic E-state index is 12.9. The number of aryl methyl sites for hydroxylation is 1. The molecule has 2 heterocycles. The minimum absolute atomic E-state index is 0.153. The van der Waals surface area contributed by atoms with E-state index in [0.717, 1.165) is 55.2 Å². The summed E-state index contributed by atoms with van der Waals surface area (Å²) in [6.45, 7) is 13.7. The van der Waals surface area contributed by atoms with Crippen LogP contribution < -0.4 is 10.2 Å². The van der Waals surface area contributed by atoms with Crippen molar-refractivity contribution < 1.29 is 4.79 Å². The third kappa shape index (κ3) is 4.48. The molecule has 0 saturated carbocycles. The first kappa shape index (κ1) is 19.4. The van der Waals surface area contributed by atoms with Gasteiger partial charge in [-0.25, -0.2) is 0 Å². The molecule has 1 N–H and O–H groups in total. The van der Waals surface area contributed by atoms with Gasteiger partial charge in [-0.3, -0.25) is 9.78 Å². The summed E-state index contributed by atoms with van der Waals surface area (Å²) in [5.41, 5.74) is 4.65. The van der Waals surface area contributed by atoms with Crippen molar-refractivity contribution in [1.82, 2.24) is 9.88 Å². The summed E-state index contributed by atoms with van der Waals surface area (Å²) in [5.74, 6) is 0.189. The summed E-state index contributed by atoms with van der Waals surface area (Å²) >= 11 is 0. The average molecular weight is 367 g/mol. The molecule has 1 aliphatic rings. The maximum absolute atomic E-state index is 12.9. The first-order valence-electron chi connectivity index (χ1n) is 9.83. The highest BCUT2D eigenvalue weighted by Crippen LogP contribution is 2.28. The molecule has 0 unspecified atom stereocenters. The molecule has 3 rings (SSSR count). The number of rotatable bonds is 5. The van der Waals surface area contributed by atoms with E-state index in [1.54, 1.807) is 6.20 Å². The second-order valence-corrected chi connectivity index (χ2v) is 7.47. The molecular weight excluding hydrogens is 336 g/mol. The number of pyridine rings is 1. The van der Waals surface area contributed by atoms with Crippen LogP contribution in [0.15, 0.2) is 36.5 Å². The predicted octanol–water partition coefficient (Wildman–Crippen LogP) is 3.91. The van der Waals surface area contributed by atoms with Crippen molar-refractivity contribution in [2.24, 2.45) is 0 Å². The maximum Gasteiger partial charge on any atom is 0.274 e. The number of anilines is 2. The molecule has 2 aromatic rings. The summed E-state index contributed by atoms with van der Waals surface area (Å²) in [4.78, 5) is 22.0. The average Bonchev–Trinajstić information content (AvgIpc) is 2.69. The standard InChI is InChI=1S/C22H30N4O/c1-5-25-11-13-26(14-12-25)18-9-10-23-20(15-18)22(27)24-21-17(4)7-6-8-19(21)16(2)3/h6-10,15-16H,5,11-14H2,1-4H3,(H,24,27). The lowest BCUT2D eigenvalue weighted by molar-refractivity contribution is 0.102. The molecule has 5 nitrogen and oxygen atoms in total. The fourth-order valence-electron chi connectivity index (χ4n) is 3.58. The van der Waals surface area contributed by atoms with E-state index in [1.165, 1.54) is 0 Å². The van der Waals surface area contributed by atoms with Crippen LogP contribution in [0.2, 0.25) is 0 Å². The molecular formula is C22H30N4O. The number of hydrogen-bond acceptors (Lipinski definition) is 4. The van der Waals surface area contributed by atoms with Crippen LogP contribution >= 0.6 is 0 Å². The van der Waals surface area contributed by atoms with Crippen molar-refractivity contribution in [3.05, 3.63) is 53.3 Å². The van der Waals surface area contributed by atoms with Gasteiger partial charge in [-0.1, -0.05) is 39.0 Å². The van der Waals surface area contributed by atoms with Gasteiger partial charge in [-0.15, -0.1) is 0 Å². The molecule has 0 bridgehead atoms. The van der Waals surface area contributed by atoms with Gasteiger partial charge in [0.25, 0.3) is 5.91 Å². The van der Waals surface area contributed by atoms with Gasteiger partial charge in [0.15, 0.2) is 0 Å². The van der Waals surface area contributed by atoms with E-state index in [4.69, 9.17) is 0 Å². The van der Waals surface area contributed by atoms with Crippen molar-refractivity contribution in [3.8, 4) is 0 Å². The Labute approximate surface area is 162 Å². The number of amides is 1. The number of aromatic nitrogens is 1. The first-order valence-corrected chi connectivity index (χ1v) is 9.83. The van der Waals surface area contributed by atoms with E-state index in [2.05, 4.69) is 46.9 Å². The SMILES string of the molecule is CCN1CCN(c2ccnc(C(=O)Nc3c(C)cccc3C(C)C)c2)CC1. The largest absolute Gasteiger partial charge is 0.369 e. The second-order valence-electron chi connectivity index (χ2n) is 7.47. The van der Waals surface area contributed by atoms with Crippen LogP contribution in [0.25, 0.3) is 0 Å². The number of para-hydroxylation sites is 1. The lowest BCUT2D eigenvalue weighted by Gasteiger charge is -2.35. The fraction of sp³-hybridized carbons (Fsp3) is 0.455. The topological polar surface area (TPSA) is 48.5 Å². The van der Waals surface area contributed by atoms with Gasteiger partial charge in [0, 0.05) is 43.8 Å². The third-order valence-corrected chi connectivity index (χ3v) is 5.33. The number of carbonyl (C=O) groups is 1. The zero-order chi connectivity index (χ0) is 19.4. The fourth-order valence-corrected chi connectivity index (χ4v) is 3.58. The highest BCUT2D eigenvalue weighted by Gasteiger charge is 2.18. The molecule has 1 aromatic heterocycles. The highest BCUT2D eigenvalue weighted by molar-refractivity contribution is 6.04. The predicted molar refractivity (Wildman–Crippen MR) is 112 cm³/mol. The lowest BCUT2D eigenvalue weighted by atomic mass is 9.98. The van der Waals surface area contributed by atoms with E-state index in [1.807, 2.05) is 31.2 Å². The first-order chi connectivity index (χ1) is 13.0. The Balaban J connectivity index is 1.77. The minimum atomic E-state index is -0.153. The molecule has 27 heavy (non-hydrogen) atoms. The van der Waals surface area contributed by atoms with Gasteiger partial charge in [0.05, 0.1) is 0 Å². The van der Waals surface area contributed by atoms with Gasteiger partial charge < -0.3 is 15.1 Å². The Morgan fingerprint density at radius 2 is 1.93 bits per heavy atom. The number of piperazine rings is 1. The molecule has 1 saturated heterocycles. The molecule has 1 amide bonds. The lowest BCUT2D eigenvalue weighted by Crippen LogP contribution is -2.46. The van der Waals surface area contributed by atoms with Crippen molar-refractivity contribution in [2.75, 3.05) is 42.9 Å². The van der Waals surface area contributed by atoms with Crippen LogP contribution in [0.3, 0.4) is 0 Å². The number of carbonyl (C=O) groups excluding carboxylic acids is 1. The Bertz CT molecular complexity index is 795. The Kier molecular flexibility index (Phi) is 6.11. The molecule has 0 spiro atoms. The molecule has 144 valence electrons. The summed E-state index contributed by atoms with van der Waals surface area (Å²) in [7, 11) is 0. The summed E-state index contributed by atoms with van der Waals surface area (Å²) < 4.78 is 0. The van der Waals surface area contributed by atoms with Crippen molar-refractivity contribution in [2.45, 2.75) is 33.6 Å². The number of benzene rings is 1. The monoisotopic (exact) mass is 366 g/mol. The molecule has 1 fully saturated rings. The summed E-state index contributed by atoms with van der Waals surface area (Å²) in [5, 5.41) is 3.09. The number of nitrogens with zero attached hydrogens (tertiary/aromatic N) is 3. The second kappa shape index (κ2) is 8.53. The van der Waals surface area contributed by atoms with Crippen LogP contribution in [0.5, 0.6) is 0 Å². The normalized spacial score (nSPS) is 15.2. The van der Waals surface area contributed by atoms with Crippen molar-refractivity contribution in [3.63, 3.8) is 0 Å². The quantitative estimate of drug-likeness (QED) is 0.872. The minimum Gasteiger partial charge on any atom is -0.369 e. The molecule has 1 aliphatic heterocycles. The number of hydrogen-bond donors (Lipinski definition) is 1. The van der Waals surface area contributed by atoms with Gasteiger partial charge in [-0.05, 0) is 42.6 Å². The van der Waals surface area contributed by atoms with Crippen molar-refractivity contribution >= 4 is 17.3 Å². The van der Waals surface area contributed by atoms with Gasteiger partial charge in [0.2, 0.25) is 0 Å². The molecule has 0 aliphatic carbocycles. The Hall–Kier alpha value is -2.40. The zero-order valence-corrected chi connectivity index (χ0v) is 16.8. The molecule has 0 radical (unpaired) electrons. The van der Waals surface area contributed by atoms with Crippen LogP contribution in [-0.2, 0) is 0 Å². The number of likely N-dealkylation sites (N-methyl/N-ethyl adjacent to an activating group) is 1. The van der Waals surface area contributed by atoms with Crippen LogP contribution in [-0.4, -0.2) is 48.5 Å². The number of nitrogens with one attached hydrogen (secondary N) is 1. The Morgan fingerprint density at radius 1 is 1.19 bits per heavy atom. The van der Waals surface area contributed by atoms with Crippen LogP contribution in [0, 0.1) is 6.92 Å². The van der Waals surface area contributed by atoms with E-state index < -0.39 is 0 Å². The van der Waals surface area contributed by atoms with E-state index >= 15 is 0 Å². The van der Waals surface area contributed by atoms with E-state index in [9.17, 15) is 4.79 Å². The smallest absolute Gasteiger partial charge is 0.274 e. The van der Waals surface area contributed by atoms with E-state index in [0.29, 0.717) is 11.6 Å². The van der Waals surface area contributed by atoms with Crippen LogP contribution in [0.1, 0.15) is 48.3 Å². The molecule has 5 heteroatoms. The molecule has 1 aromatic carbocycles. The van der Waals surface area contributed by atoms with Crippen molar-refractivity contribution in [1.29, 1.82) is 0 Å². The highest BCUT2D eigenvalue weighted by atomic mass is 16.1. The Morgan fingerprint density at radius 3 is 2.59 bits per heavy atom.